The predicted molar refractivity (Wildman–Crippen MR) is 110 cm³/mol. The maximum atomic E-state index is 6.09. The first kappa shape index (κ1) is 18.0. The SMILES string of the molecule is CN1C(c2ccc(Cl)cc2)CC2(CC1c1ccc(Cl)cc1)NNC(=S)N2. The summed E-state index contributed by atoms with van der Waals surface area (Å²) >= 11 is 17.5. The quantitative estimate of drug-likeness (QED) is 0.652. The Morgan fingerprint density at radius 2 is 1.38 bits per heavy atom. The van der Waals surface area contributed by atoms with Gasteiger partial charge in [-0.15, -0.1) is 0 Å². The van der Waals surface area contributed by atoms with E-state index < -0.39 is 0 Å². The first-order valence-corrected chi connectivity index (χ1v) is 9.70. The van der Waals surface area contributed by atoms with E-state index in [1.165, 1.54) is 11.1 Å². The Labute approximate surface area is 168 Å². The summed E-state index contributed by atoms with van der Waals surface area (Å²) in [5.74, 6) is 0. The van der Waals surface area contributed by atoms with E-state index in [0.717, 1.165) is 22.9 Å². The fourth-order valence-corrected chi connectivity index (χ4v) is 4.48. The normalized spacial score (nSPS) is 28.8. The number of likely N-dealkylation sites (tertiary alicyclic amines) is 1. The number of piperidine rings is 1. The van der Waals surface area contributed by atoms with Gasteiger partial charge in [-0.25, -0.2) is 5.43 Å². The second-order valence-electron chi connectivity index (χ2n) is 6.99. The minimum absolute atomic E-state index is 0.212. The van der Waals surface area contributed by atoms with Gasteiger partial charge in [-0.2, -0.15) is 0 Å². The number of hydrazine groups is 1. The molecule has 1 spiro atoms. The van der Waals surface area contributed by atoms with Crippen LogP contribution in [0.25, 0.3) is 0 Å². The highest BCUT2D eigenvalue weighted by molar-refractivity contribution is 7.80. The van der Waals surface area contributed by atoms with E-state index >= 15 is 0 Å². The first-order valence-electron chi connectivity index (χ1n) is 8.54. The molecular weight excluding hydrogens is 387 g/mol. The summed E-state index contributed by atoms with van der Waals surface area (Å²) in [5, 5.41) is 5.57. The molecule has 2 aromatic rings. The molecular formula is C19H20Cl2N4S. The molecule has 136 valence electrons. The van der Waals surface area contributed by atoms with Gasteiger partial charge in [0.1, 0.15) is 5.66 Å². The molecule has 0 radical (unpaired) electrons. The van der Waals surface area contributed by atoms with Crippen LogP contribution in [-0.2, 0) is 0 Å². The highest BCUT2D eigenvalue weighted by Gasteiger charge is 2.47. The molecule has 2 fully saturated rings. The molecule has 0 aromatic heterocycles. The zero-order valence-electron chi connectivity index (χ0n) is 14.3. The van der Waals surface area contributed by atoms with Gasteiger partial charge >= 0.3 is 0 Å². The Morgan fingerprint density at radius 1 is 0.923 bits per heavy atom. The summed E-state index contributed by atoms with van der Waals surface area (Å²) in [6.45, 7) is 0. The molecule has 0 saturated carbocycles. The van der Waals surface area contributed by atoms with Crippen molar-refractivity contribution in [2.24, 2.45) is 0 Å². The maximum absolute atomic E-state index is 6.09. The Balaban J connectivity index is 1.72. The van der Waals surface area contributed by atoms with E-state index in [4.69, 9.17) is 35.4 Å². The van der Waals surface area contributed by atoms with Crippen LogP contribution in [-0.4, -0.2) is 22.7 Å². The lowest BCUT2D eigenvalue weighted by molar-refractivity contribution is 0.0405. The van der Waals surface area contributed by atoms with E-state index in [9.17, 15) is 0 Å². The average molecular weight is 407 g/mol. The summed E-state index contributed by atoms with van der Waals surface area (Å²) in [6.07, 6.45) is 1.75. The summed E-state index contributed by atoms with van der Waals surface area (Å²) in [4.78, 5) is 2.42. The van der Waals surface area contributed by atoms with E-state index in [0.29, 0.717) is 5.11 Å². The number of hydrogen-bond donors (Lipinski definition) is 3. The summed E-state index contributed by atoms with van der Waals surface area (Å²) in [5.41, 5.74) is 8.62. The van der Waals surface area contributed by atoms with E-state index in [-0.39, 0.29) is 17.7 Å². The maximum Gasteiger partial charge on any atom is 0.182 e. The molecule has 4 rings (SSSR count). The molecule has 2 heterocycles. The largest absolute Gasteiger partial charge is 0.342 e. The predicted octanol–water partition coefficient (Wildman–Crippen LogP) is 4.18. The van der Waals surface area contributed by atoms with Crippen molar-refractivity contribution in [2.45, 2.75) is 30.6 Å². The smallest absolute Gasteiger partial charge is 0.182 e. The van der Waals surface area contributed by atoms with E-state index in [2.05, 4.69) is 52.4 Å². The highest BCUT2D eigenvalue weighted by Crippen LogP contribution is 2.44. The van der Waals surface area contributed by atoms with E-state index in [1.807, 2.05) is 24.3 Å². The molecule has 2 aliphatic rings. The number of hydrogen-bond acceptors (Lipinski definition) is 3. The molecule has 0 aliphatic carbocycles. The number of rotatable bonds is 2. The molecule has 2 aliphatic heterocycles. The molecule has 2 aromatic carbocycles. The molecule has 0 amide bonds. The summed E-state index contributed by atoms with van der Waals surface area (Å²) < 4.78 is 0. The molecule has 2 atom stereocenters. The Hall–Kier alpha value is -1.37. The topological polar surface area (TPSA) is 39.3 Å². The van der Waals surface area contributed by atoms with Gasteiger partial charge in [0, 0.05) is 35.0 Å². The number of halogens is 2. The summed E-state index contributed by atoms with van der Waals surface area (Å²) in [7, 11) is 2.17. The second kappa shape index (κ2) is 6.98. The van der Waals surface area contributed by atoms with Crippen molar-refractivity contribution in [2.75, 3.05) is 7.05 Å². The van der Waals surface area contributed by atoms with Gasteiger partial charge in [-0.3, -0.25) is 10.3 Å². The monoisotopic (exact) mass is 406 g/mol. The number of nitrogens with one attached hydrogen (secondary N) is 3. The molecule has 4 nitrogen and oxygen atoms in total. The fraction of sp³-hybridized carbons (Fsp3) is 0.316. The third kappa shape index (κ3) is 3.42. The lowest BCUT2D eigenvalue weighted by Crippen LogP contribution is -2.58. The van der Waals surface area contributed by atoms with Crippen LogP contribution in [0.1, 0.15) is 36.1 Å². The lowest BCUT2D eigenvalue weighted by atomic mass is 9.81. The van der Waals surface area contributed by atoms with Crippen LogP contribution in [0.2, 0.25) is 10.0 Å². The summed E-state index contributed by atoms with van der Waals surface area (Å²) in [6, 6.07) is 16.6. The van der Waals surface area contributed by atoms with Crippen molar-refractivity contribution in [1.82, 2.24) is 21.1 Å². The van der Waals surface area contributed by atoms with Gasteiger partial charge < -0.3 is 5.32 Å². The van der Waals surface area contributed by atoms with Crippen molar-refractivity contribution in [3.63, 3.8) is 0 Å². The fourth-order valence-electron chi connectivity index (χ4n) is 3.98. The minimum atomic E-state index is -0.293. The molecule has 7 heteroatoms. The highest BCUT2D eigenvalue weighted by atomic mass is 35.5. The minimum Gasteiger partial charge on any atom is -0.342 e. The number of benzene rings is 2. The van der Waals surface area contributed by atoms with Gasteiger partial charge in [-0.05, 0) is 54.7 Å². The zero-order valence-corrected chi connectivity index (χ0v) is 16.6. The average Bonchev–Trinajstić information content (AvgIpc) is 2.99. The van der Waals surface area contributed by atoms with Gasteiger partial charge in [-0.1, -0.05) is 47.5 Å². The zero-order chi connectivity index (χ0) is 18.3. The standard InChI is InChI=1S/C19H20Cl2N4S/c1-25-16(12-2-6-14(20)7-3-12)10-19(22-18(26)23-24-19)11-17(25)13-4-8-15(21)9-5-13/h2-9,16-17,24H,10-11H2,1H3,(H2,22,23,26). The third-order valence-electron chi connectivity index (χ3n) is 5.34. The molecule has 26 heavy (non-hydrogen) atoms. The molecule has 2 unspecified atom stereocenters. The van der Waals surface area contributed by atoms with Crippen LogP contribution in [0.4, 0.5) is 0 Å². The van der Waals surface area contributed by atoms with Crippen LogP contribution in [0, 0.1) is 0 Å². The van der Waals surface area contributed by atoms with Crippen molar-refractivity contribution < 1.29 is 0 Å². The number of nitrogens with zero attached hydrogens (tertiary/aromatic N) is 1. The first-order chi connectivity index (χ1) is 12.5. The van der Waals surface area contributed by atoms with Crippen LogP contribution >= 0.6 is 35.4 Å². The van der Waals surface area contributed by atoms with Crippen LogP contribution in [0.3, 0.4) is 0 Å². The van der Waals surface area contributed by atoms with Gasteiger partial charge in [0.25, 0.3) is 0 Å². The van der Waals surface area contributed by atoms with Crippen molar-refractivity contribution in [3.05, 3.63) is 69.7 Å². The third-order valence-corrected chi connectivity index (χ3v) is 6.05. The molecule has 2 saturated heterocycles. The Morgan fingerprint density at radius 3 is 1.77 bits per heavy atom. The van der Waals surface area contributed by atoms with Gasteiger partial charge in [0.05, 0.1) is 0 Å². The van der Waals surface area contributed by atoms with E-state index in [1.54, 1.807) is 0 Å². The Bertz CT molecular complexity index is 754. The van der Waals surface area contributed by atoms with Crippen LogP contribution < -0.4 is 16.2 Å². The Kier molecular flexibility index (Phi) is 4.84. The lowest BCUT2D eigenvalue weighted by Gasteiger charge is -2.48. The van der Waals surface area contributed by atoms with Crippen molar-refractivity contribution >= 4 is 40.5 Å². The van der Waals surface area contributed by atoms with Crippen LogP contribution in [0.5, 0.6) is 0 Å². The molecule has 0 bridgehead atoms. The van der Waals surface area contributed by atoms with Crippen molar-refractivity contribution in [1.29, 1.82) is 0 Å². The van der Waals surface area contributed by atoms with Crippen molar-refractivity contribution in [3.8, 4) is 0 Å². The number of thiocarbonyl (C=S) groups is 1. The molecule has 3 N–H and O–H groups in total. The van der Waals surface area contributed by atoms with Gasteiger partial charge in [0.2, 0.25) is 0 Å². The van der Waals surface area contributed by atoms with Gasteiger partial charge in [0.15, 0.2) is 5.11 Å². The second-order valence-corrected chi connectivity index (χ2v) is 8.28. The van der Waals surface area contributed by atoms with Crippen LogP contribution in [0.15, 0.2) is 48.5 Å².